The Morgan fingerprint density at radius 2 is 1.97 bits per heavy atom. The van der Waals surface area contributed by atoms with Crippen LogP contribution in [0, 0.1) is 0 Å². The lowest BCUT2D eigenvalue weighted by molar-refractivity contribution is -0.139. The molecule has 8 heteroatoms. The molecule has 1 saturated heterocycles. The number of carbonyl (C=O) groups is 2. The smallest absolute Gasteiger partial charge is 0.341 e. The van der Waals surface area contributed by atoms with Crippen molar-refractivity contribution in [3.63, 3.8) is 0 Å². The number of hydrogen-bond acceptors (Lipinski definition) is 6. The van der Waals surface area contributed by atoms with Gasteiger partial charge in [-0.3, -0.25) is 4.79 Å². The number of thioether (sulfide) groups is 1. The molecule has 2 N–H and O–H groups in total. The number of nitrogens with one attached hydrogen (secondary N) is 1. The van der Waals surface area contributed by atoms with Crippen LogP contribution >= 0.6 is 11.8 Å². The SMILES string of the molecule is C=CCc1cc(/C=C2\SC(=Nc3ccc(CC)cc3)NC2=O)cc(OCC)c1OCC(=O)O. The molecule has 0 aromatic heterocycles. The fourth-order valence-corrected chi connectivity index (χ4v) is 4.03. The molecule has 0 saturated carbocycles. The van der Waals surface area contributed by atoms with E-state index in [9.17, 15) is 9.59 Å². The van der Waals surface area contributed by atoms with Crippen molar-refractivity contribution in [3.05, 3.63) is 70.6 Å². The number of benzene rings is 2. The maximum Gasteiger partial charge on any atom is 0.341 e. The van der Waals surface area contributed by atoms with Gasteiger partial charge in [-0.05, 0) is 73.0 Å². The van der Waals surface area contributed by atoms with Crippen LogP contribution in [0.4, 0.5) is 5.69 Å². The average Bonchev–Trinajstić information content (AvgIpc) is 3.12. The number of aryl methyl sites for hydroxylation is 1. The molecular formula is C25H26N2O5S. The van der Waals surface area contributed by atoms with Gasteiger partial charge < -0.3 is 19.9 Å². The first kappa shape index (κ1) is 24.1. The standard InChI is InChI=1S/C25H26N2O5S/c1-4-7-18-12-17(13-20(31-6-3)23(18)32-15-22(28)29)14-21-24(30)27-25(33-21)26-19-10-8-16(5-2)9-11-19/h4,8-14H,1,5-7,15H2,2-3H3,(H,28,29)(H,26,27,30)/b21-14-. The molecule has 33 heavy (non-hydrogen) atoms. The second-order valence-corrected chi connectivity index (χ2v) is 8.15. The van der Waals surface area contributed by atoms with E-state index in [1.54, 1.807) is 18.2 Å². The zero-order chi connectivity index (χ0) is 23.8. The molecule has 1 fully saturated rings. The summed E-state index contributed by atoms with van der Waals surface area (Å²) in [5.41, 5.74) is 3.43. The van der Waals surface area contributed by atoms with Crippen molar-refractivity contribution in [2.45, 2.75) is 26.7 Å². The molecule has 0 radical (unpaired) electrons. The van der Waals surface area contributed by atoms with Gasteiger partial charge in [0, 0.05) is 5.56 Å². The molecule has 7 nitrogen and oxygen atoms in total. The Hall–Kier alpha value is -3.52. The van der Waals surface area contributed by atoms with E-state index in [0.29, 0.717) is 34.6 Å². The van der Waals surface area contributed by atoms with Crippen LogP contribution < -0.4 is 14.8 Å². The molecule has 2 aromatic carbocycles. The topological polar surface area (TPSA) is 97.2 Å². The molecule has 0 spiro atoms. The third-order valence-corrected chi connectivity index (χ3v) is 5.59. The molecule has 1 amide bonds. The molecule has 3 rings (SSSR count). The number of carbonyl (C=O) groups excluding carboxylic acids is 1. The predicted octanol–water partition coefficient (Wildman–Crippen LogP) is 4.73. The summed E-state index contributed by atoms with van der Waals surface area (Å²) in [4.78, 5) is 28.5. The van der Waals surface area contributed by atoms with Crippen LogP contribution in [0.1, 0.15) is 30.5 Å². The number of amides is 1. The highest BCUT2D eigenvalue weighted by Crippen LogP contribution is 2.36. The van der Waals surface area contributed by atoms with Gasteiger partial charge in [-0.1, -0.05) is 25.1 Å². The first-order valence-corrected chi connectivity index (χ1v) is 11.4. The number of carboxylic acid groups (broad SMARTS) is 1. The van der Waals surface area contributed by atoms with E-state index in [1.165, 1.54) is 17.3 Å². The van der Waals surface area contributed by atoms with Gasteiger partial charge in [0.15, 0.2) is 23.3 Å². The number of rotatable bonds is 10. The lowest BCUT2D eigenvalue weighted by Gasteiger charge is -2.16. The first-order chi connectivity index (χ1) is 15.9. The highest BCUT2D eigenvalue weighted by atomic mass is 32.2. The van der Waals surface area contributed by atoms with Crippen molar-refractivity contribution in [1.82, 2.24) is 5.32 Å². The molecule has 0 atom stereocenters. The van der Waals surface area contributed by atoms with Gasteiger partial charge in [0.25, 0.3) is 5.91 Å². The summed E-state index contributed by atoms with van der Waals surface area (Å²) in [6.45, 7) is 7.57. The maximum absolute atomic E-state index is 12.5. The Morgan fingerprint density at radius 3 is 2.61 bits per heavy atom. The average molecular weight is 467 g/mol. The predicted molar refractivity (Wildman–Crippen MR) is 131 cm³/mol. The fourth-order valence-electron chi connectivity index (χ4n) is 3.19. The molecule has 0 aliphatic carbocycles. The Balaban J connectivity index is 1.90. The number of nitrogens with zero attached hydrogens (tertiary/aromatic N) is 1. The number of allylic oxidation sites excluding steroid dienone is 1. The van der Waals surface area contributed by atoms with Crippen LogP contribution in [0.25, 0.3) is 6.08 Å². The second kappa shape index (κ2) is 11.4. The summed E-state index contributed by atoms with van der Waals surface area (Å²) < 4.78 is 11.2. The minimum Gasteiger partial charge on any atom is -0.490 e. The highest BCUT2D eigenvalue weighted by Gasteiger charge is 2.24. The van der Waals surface area contributed by atoms with Crippen LogP contribution in [0.15, 0.2) is 59.0 Å². The summed E-state index contributed by atoms with van der Waals surface area (Å²) >= 11 is 1.26. The Labute approximate surface area is 197 Å². The van der Waals surface area contributed by atoms with Crippen molar-refractivity contribution in [1.29, 1.82) is 0 Å². The number of amidine groups is 1. The molecule has 172 valence electrons. The van der Waals surface area contributed by atoms with Gasteiger partial charge in [0.05, 0.1) is 17.2 Å². The van der Waals surface area contributed by atoms with Crippen molar-refractivity contribution >= 4 is 40.6 Å². The monoisotopic (exact) mass is 466 g/mol. The van der Waals surface area contributed by atoms with E-state index in [2.05, 4.69) is 23.8 Å². The van der Waals surface area contributed by atoms with Gasteiger partial charge in [0.2, 0.25) is 0 Å². The molecule has 1 heterocycles. The van der Waals surface area contributed by atoms with Crippen LogP contribution in [0.3, 0.4) is 0 Å². The van der Waals surface area contributed by atoms with Crippen LogP contribution in [-0.2, 0) is 22.4 Å². The number of carboxylic acids is 1. The summed E-state index contributed by atoms with van der Waals surface area (Å²) in [5.74, 6) is -0.539. The number of aliphatic imine (C=N–C) groups is 1. The van der Waals surface area contributed by atoms with E-state index in [4.69, 9.17) is 14.6 Å². The molecule has 0 unspecified atom stereocenters. The fraction of sp³-hybridized carbons (Fsp3) is 0.240. The Kier molecular flexibility index (Phi) is 8.32. The summed E-state index contributed by atoms with van der Waals surface area (Å²) in [6.07, 6.45) is 4.85. The van der Waals surface area contributed by atoms with Crippen molar-refractivity contribution in [2.75, 3.05) is 13.2 Å². The van der Waals surface area contributed by atoms with Crippen LogP contribution in [0.5, 0.6) is 11.5 Å². The van der Waals surface area contributed by atoms with E-state index < -0.39 is 12.6 Å². The molecular weight excluding hydrogens is 440 g/mol. The molecule has 0 bridgehead atoms. The zero-order valence-electron chi connectivity index (χ0n) is 18.6. The Morgan fingerprint density at radius 1 is 1.21 bits per heavy atom. The number of hydrogen-bond donors (Lipinski definition) is 2. The quantitative estimate of drug-likeness (QED) is 0.388. The van der Waals surface area contributed by atoms with E-state index in [1.807, 2.05) is 37.3 Å². The minimum absolute atomic E-state index is 0.238. The highest BCUT2D eigenvalue weighted by molar-refractivity contribution is 8.18. The van der Waals surface area contributed by atoms with Gasteiger partial charge in [-0.2, -0.15) is 0 Å². The van der Waals surface area contributed by atoms with Crippen LogP contribution in [0.2, 0.25) is 0 Å². The van der Waals surface area contributed by atoms with Crippen molar-refractivity contribution in [3.8, 4) is 11.5 Å². The van der Waals surface area contributed by atoms with Gasteiger partial charge in [-0.15, -0.1) is 6.58 Å². The van der Waals surface area contributed by atoms with E-state index >= 15 is 0 Å². The second-order valence-electron chi connectivity index (χ2n) is 7.12. The Bertz CT molecular complexity index is 1110. The van der Waals surface area contributed by atoms with Gasteiger partial charge in [-0.25, -0.2) is 9.79 Å². The normalized spacial score (nSPS) is 15.5. The maximum atomic E-state index is 12.5. The zero-order valence-corrected chi connectivity index (χ0v) is 19.4. The van der Waals surface area contributed by atoms with Gasteiger partial charge >= 0.3 is 5.97 Å². The summed E-state index contributed by atoms with van der Waals surface area (Å²) in [5, 5.41) is 12.3. The largest absolute Gasteiger partial charge is 0.490 e. The third-order valence-electron chi connectivity index (χ3n) is 4.68. The third kappa shape index (κ3) is 6.49. The molecule has 1 aliphatic rings. The lowest BCUT2D eigenvalue weighted by Crippen LogP contribution is -2.19. The summed E-state index contributed by atoms with van der Waals surface area (Å²) in [7, 11) is 0. The molecule has 1 aliphatic heterocycles. The van der Waals surface area contributed by atoms with E-state index in [0.717, 1.165) is 23.2 Å². The summed E-state index contributed by atoms with van der Waals surface area (Å²) in [6, 6.07) is 11.4. The first-order valence-electron chi connectivity index (χ1n) is 10.6. The number of aliphatic carboxylic acids is 1. The minimum atomic E-state index is -1.08. The van der Waals surface area contributed by atoms with Crippen molar-refractivity contribution in [2.24, 2.45) is 4.99 Å². The number of ether oxygens (including phenoxy) is 2. The van der Waals surface area contributed by atoms with E-state index in [-0.39, 0.29) is 5.91 Å². The van der Waals surface area contributed by atoms with Gasteiger partial charge in [0.1, 0.15) is 0 Å². The van der Waals surface area contributed by atoms with Crippen LogP contribution in [-0.4, -0.2) is 35.4 Å². The van der Waals surface area contributed by atoms with Crippen molar-refractivity contribution < 1.29 is 24.2 Å². The lowest BCUT2D eigenvalue weighted by atomic mass is 10.0. The molecule has 2 aromatic rings.